The number of rotatable bonds is 3. The number of aryl methyl sites for hydroxylation is 1. The minimum atomic E-state index is -0.228. The van der Waals surface area contributed by atoms with E-state index in [4.69, 9.17) is 4.42 Å². The van der Waals surface area contributed by atoms with Gasteiger partial charge in [-0.2, -0.15) is 4.98 Å². The summed E-state index contributed by atoms with van der Waals surface area (Å²) in [4.78, 5) is 16.5. The summed E-state index contributed by atoms with van der Waals surface area (Å²) >= 11 is 0. The Hall–Kier alpha value is -2.89. The zero-order valence-electron chi connectivity index (χ0n) is 11.7. The summed E-state index contributed by atoms with van der Waals surface area (Å²) in [5.41, 5.74) is 3.40. The molecule has 6 heteroatoms. The monoisotopic (exact) mass is 282 g/mol. The third-order valence-corrected chi connectivity index (χ3v) is 3.35. The molecule has 0 spiro atoms. The van der Waals surface area contributed by atoms with Crippen LogP contribution in [0.5, 0.6) is 0 Å². The maximum absolute atomic E-state index is 12.3. The van der Waals surface area contributed by atoms with Gasteiger partial charge in [0.25, 0.3) is 5.91 Å². The molecule has 3 aromatic rings. The average molecular weight is 282 g/mol. The fraction of sp³-hybridized carbons (Fsp3) is 0.133. The Balaban J connectivity index is 1.81. The zero-order chi connectivity index (χ0) is 14.8. The molecular formula is C15H14N4O2. The lowest BCUT2D eigenvalue weighted by Crippen LogP contribution is -2.14. The Labute approximate surface area is 121 Å². The Kier molecular flexibility index (Phi) is 3.27. The number of H-pyrrole nitrogens is 1. The number of nitrogens with zero attached hydrogens (tertiary/aromatic N) is 2. The molecule has 3 rings (SSSR count). The van der Waals surface area contributed by atoms with Crippen molar-refractivity contribution in [2.45, 2.75) is 13.8 Å². The van der Waals surface area contributed by atoms with Crippen LogP contribution in [0, 0.1) is 13.8 Å². The van der Waals surface area contributed by atoms with E-state index in [9.17, 15) is 4.79 Å². The molecule has 0 aliphatic carbocycles. The number of anilines is 1. The number of aromatic nitrogens is 3. The zero-order valence-corrected chi connectivity index (χ0v) is 11.7. The fourth-order valence-corrected chi connectivity index (χ4v) is 2.01. The number of nitrogens with one attached hydrogen (secondary N) is 2. The van der Waals surface area contributed by atoms with Crippen molar-refractivity contribution < 1.29 is 9.21 Å². The van der Waals surface area contributed by atoms with E-state index in [0.717, 1.165) is 16.7 Å². The smallest absolute Gasteiger partial charge is 0.258 e. The molecule has 2 N–H and O–H groups in total. The first-order valence-electron chi connectivity index (χ1n) is 6.47. The third kappa shape index (κ3) is 2.55. The van der Waals surface area contributed by atoms with Gasteiger partial charge in [-0.3, -0.25) is 15.2 Å². The number of benzene rings is 1. The number of amides is 1. The van der Waals surface area contributed by atoms with E-state index >= 15 is 0 Å². The Morgan fingerprint density at radius 3 is 2.90 bits per heavy atom. The van der Waals surface area contributed by atoms with E-state index in [2.05, 4.69) is 20.5 Å². The van der Waals surface area contributed by atoms with Gasteiger partial charge in [-0.05, 0) is 37.1 Å². The lowest BCUT2D eigenvalue weighted by atomic mass is 10.0. The van der Waals surface area contributed by atoms with Crippen molar-refractivity contribution in [1.29, 1.82) is 0 Å². The highest BCUT2D eigenvalue weighted by Crippen LogP contribution is 2.17. The average Bonchev–Trinajstić information content (AvgIpc) is 3.12. The third-order valence-electron chi connectivity index (χ3n) is 3.35. The summed E-state index contributed by atoms with van der Waals surface area (Å²) in [6.45, 7) is 3.88. The number of hydrogen-bond donors (Lipinski definition) is 2. The first kappa shape index (κ1) is 13.1. The quantitative estimate of drug-likeness (QED) is 0.773. The molecule has 21 heavy (non-hydrogen) atoms. The Bertz CT molecular complexity index is 775. The van der Waals surface area contributed by atoms with Crippen LogP contribution in [0.1, 0.15) is 21.5 Å². The second-order valence-electron chi connectivity index (χ2n) is 4.72. The molecule has 6 nitrogen and oxygen atoms in total. The minimum Gasteiger partial charge on any atom is -0.472 e. The number of hydrogen-bond acceptors (Lipinski definition) is 4. The number of carbonyl (C=O) groups is 1. The second-order valence-corrected chi connectivity index (χ2v) is 4.72. The number of furan rings is 1. The summed E-state index contributed by atoms with van der Waals surface area (Å²) in [6, 6.07) is 7.36. The van der Waals surface area contributed by atoms with E-state index < -0.39 is 0 Å². The van der Waals surface area contributed by atoms with Crippen LogP contribution in [0.15, 0.2) is 41.2 Å². The first-order chi connectivity index (χ1) is 10.1. The van der Waals surface area contributed by atoms with Gasteiger partial charge in [0.2, 0.25) is 5.95 Å². The maximum Gasteiger partial charge on any atom is 0.258 e. The van der Waals surface area contributed by atoms with Gasteiger partial charge in [-0.1, -0.05) is 12.1 Å². The highest BCUT2D eigenvalue weighted by molar-refractivity contribution is 6.04. The number of aromatic amines is 1. The number of carbonyl (C=O) groups excluding carboxylic acids is 1. The molecule has 1 amide bonds. The molecule has 0 unspecified atom stereocenters. The van der Waals surface area contributed by atoms with Crippen LogP contribution < -0.4 is 5.32 Å². The van der Waals surface area contributed by atoms with Gasteiger partial charge in [-0.25, -0.2) is 0 Å². The van der Waals surface area contributed by atoms with Crippen molar-refractivity contribution in [3.05, 3.63) is 53.5 Å². The Morgan fingerprint density at radius 2 is 2.14 bits per heavy atom. The van der Waals surface area contributed by atoms with E-state index in [1.165, 1.54) is 0 Å². The van der Waals surface area contributed by atoms with E-state index in [-0.39, 0.29) is 11.9 Å². The lowest BCUT2D eigenvalue weighted by molar-refractivity contribution is 0.102. The fourth-order valence-electron chi connectivity index (χ4n) is 2.01. The van der Waals surface area contributed by atoms with Crippen LogP contribution in [0.4, 0.5) is 5.95 Å². The topological polar surface area (TPSA) is 83.8 Å². The molecule has 0 bridgehead atoms. The molecule has 0 saturated heterocycles. The van der Waals surface area contributed by atoms with Crippen molar-refractivity contribution in [1.82, 2.24) is 15.2 Å². The van der Waals surface area contributed by atoms with Gasteiger partial charge in [0.05, 0.1) is 11.8 Å². The summed E-state index contributed by atoms with van der Waals surface area (Å²) in [5.74, 6) is 0.547. The first-order valence-corrected chi connectivity index (χ1v) is 6.47. The maximum atomic E-state index is 12.3. The van der Waals surface area contributed by atoms with Gasteiger partial charge >= 0.3 is 0 Å². The lowest BCUT2D eigenvalue weighted by Gasteiger charge is -2.07. The molecule has 0 aliphatic heterocycles. The van der Waals surface area contributed by atoms with Crippen LogP contribution in [0.3, 0.4) is 0 Å². The van der Waals surface area contributed by atoms with Crippen molar-refractivity contribution in [3.8, 4) is 11.4 Å². The molecule has 0 aliphatic rings. The van der Waals surface area contributed by atoms with E-state index in [0.29, 0.717) is 11.4 Å². The van der Waals surface area contributed by atoms with Crippen molar-refractivity contribution in [2.24, 2.45) is 0 Å². The van der Waals surface area contributed by atoms with Crippen molar-refractivity contribution in [2.75, 3.05) is 5.32 Å². The Morgan fingerprint density at radius 1 is 1.29 bits per heavy atom. The van der Waals surface area contributed by atoms with Gasteiger partial charge in [0.1, 0.15) is 6.26 Å². The predicted octanol–water partition coefficient (Wildman–Crippen LogP) is 2.93. The predicted molar refractivity (Wildman–Crippen MR) is 78.0 cm³/mol. The molecule has 2 aromatic heterocycles. The molecule has 0 radical (unpaired) electrons. The van der Waals surface area contributed by atoms with Crippen molar-refractivity contribution >= 4 is 11.9 Å². The van der Waals surface area contributed by atoms with Crippen LogP contribution in [0.2, 0.25) is 0 Å². The van der Waals surface area contributed by atoms with Gasteiger partial charge < -0.3 is 4.42 Å². The van der Waals surface area contributed by atoms with Gasteiger partial charge in [0, 0.05) is 5.56 Å². The van der Waals surface area contributed by atoms with Crippen LogP contribution in [-0.2, 0) is 0 Å². The highest BCUT2D eigenvalue weighted by Gasteiger charge is 2.13. The van der Waals surface area contributed by atoms with Gasteiger partial charge in [0.15, 0.2) is 5.82 Å². The molecule has 0 atom stereocenters. The van der Waals surface area contributed by atoms with Crippen LogP contribution in [-0.4, -0.2) is 21.1 Å². The molecule has 1 aromatic carbocycles. The minimum absolute atomic E-state index is 0.228. The molecule has 0 fully saturated rings. The van der Waals surface area contributed by atoms with Crippen LogP contribution >= 0.6 is 0 Å². The normalized spacial score (nSPS) is 10.6. The summed E-state index contributed by atoms with van der Waals surface area (Å²) < 4.78 is 4.98. The molecule has 106 valence electrons. The largest absolute Gasteiger partial charge is 0.472 e. The van der Waals surface area contributed by atoms with E-state index in [1.807, 2.05) is 26.0 Å². The second kappa shape index (κ2) is 5.24. The summed E-state index contributed by atoms with van der Waals surface area (Å²) in [6.07, 6.45) is 3.10. The highest BCUT2D eigenvalue weighted by atomic mass is 16.3. The van der Waals surface area contributed by atoms with Crippen molar-refractivity contribution in [3.63, 3.8) is 0 Å². The summed E-state index contributed by atoms with van der Waals surface area (Å²) in [5, 5.41) is 9.42. The standard InChI is InChI=1S/C15H14N4O2/c1-9-4-3-5-12(10(9)2)14(20)17-15-16-13(18-19-15)11-6-7-21-8-11/h3-8H,1-2H3,(H2,16,17,18,19,20). The summed E-state index contributed by atoms with van der Waals surface area (Å²) in [7, 11) is 0. The molecule has 0 saturated carbocycles. The SMILES string of the molecule is Cc1cccc(C(=O)Nc2n[nH]c(-c3ccoc3)n2)c1C. The molecule has 2 heterocycles. The van der Waals surface area contributed by atoms with Gasteiger partial charge in [-0.15, -0.1) is 5.10 Å². The van der Waals surface area contributed by atoms with E-state index in [1.54, 1.807) is 24.7 Å². The van der Waals surface area contributed by atoms with Crippen LogP contribution in [0.25, 0.3) is 11.4 Å². The molecular weight excluding hydrogens is 268 g/mol.